The van der Waals surface area contributed by atoms with Crippen LogP contribution in [-0.2, 0) is 12.8 Å². The number of aromatic nitrogens is 2. The van der Waals surface area contributed by atoms with Crippen LogP contribution in [0.3, 0.4) is 0 Å². The predicted octanol–water partition coefficient (Wildman–Crippen LogP) is 2.96. The molecule has 0 amide bonds. The number of methoxy groups -OCH3 is 1. The van der Waals surface area contributed by atoms with Crippen LogP contribution >= 0.6 is 11.6 Å². The van der Waals surface area contributed by atoms with Crippen LogP contribution in [-0.4, -0.2) is 66.1 Å². The molecule has 7 nitrogen and oxygen atoms in total. The average molecular weight is 417 g/mol. The van der Waals surface area contributed by atoms with E-state index in [1.54, 1.807) is 7.11 Å². The Labute approximate surface area is 177 Å². The van der Waals surface area contributed by atoms with Crippen molar-refractivity contribution in [1.29, 1.82) is 0 Å². The van der Waals surface area contributed by atoms with Crippen LogP contribution < -0.4 is 15.8 Å². The smallest absolute Gasteiger partial charge is 0.229 e. The third kappa shape index (κ3) is 4.42. The Balaban J connectivity index is 1.57. The predicted molar refractivity (Wildman–Crippen MR) is 117 cm³/mol. The number of nitrogens with two attached hydrogens (primary N) is 1. The van der Waals surface area contributed by atoms with E-state index in [2.05, 4.69) is 44.3 Å². The quantitative estimate of drug-likeness (QED) is 0.741. The van der Waals surface area contributed by atoms with Gasteiger partial charge in [-0.25, -0.2) is 4.98 Å². The number of rotatable bonds is 4. The molecule has 1 fully saturated rings. The van der Waals surface area contributed by atoms with Gasteiger partial charge in [-0.05, 0) is 49.9 Å². The number of halogens is 1. The largest absolute Gasteiger partial charge is 0.494 e. The number of nitrogens with one attached hydrogen (secondary N) is 1. The Morgan fingerprint density at radius 3 is 2.76 bits per heavy atom. The van der Waals surface area contributed by atoms with Gasteiger partial charge in [0.15, 0.2) is 0 Å². The average Bonchev–Trinajstić information content (AvgIpc) is 2.94. The summed E-state index contributed by atoms with van der Waals surface area (Å²) in [5.41, 5.74) is 9.33. The minimum atomic E-state index is 0.257. The van der Waals surface area contributed by atoms with Crippen LogP contribution in [0.1, 0.15) is 24.0 Å². The lowest BCUT2D eigenvalue weighted by Crippen LogP contribution is -2.49. The Hall–Kier alpha value is -2.09. The van der Waals surface area contributed by atoms with Gasteiger partial charge in [0.25, 0.3) is 0 Å². The first-order valence-electron chi connectivity index (χ1n) is 10.2. The van der Waals surface area contributed by atoms with Crippen LogP contribution in [0.5, 0.6) is 5.75 Å². The second-order valence-corrected chi connectivity index (χ2v) is 8.33. The Morgan fingerprint density at radius 2 is 2.03 bits per heavy atom. The van der Waals surface area contributed by atoms with E-state index < -0.39 is 0 Å². The molecule has 1 aromatic heterocycles. The molecular formula is C21H29ClN6O. The van der Waals surface area contributed by atoms with Crippen molar-refractivity contribution in [3.05, 3.63) is 34.5 Å². The maximum atomic E-state index is 5.93. The lowest BCUT2D eigenvalue weighted by molar-refractivity contribution is 0.106. The SMILES string of the molecule is COc1c(Nc2ncc(Cl)c(N)n2)ccc2c1CCCC(N1CCN(C)CC1)C2. The highest BCUT2D eigenvalue weighted by Crippen LogP contribution is 2.37. The Bertz CT molecular complexity index is 868. The van der Waals surface area contributed by atoms with Gasteiger partial charge in [0.05, 0.1) is 19.0 Å². The highest BCUT2D eigenvalue weighted by molar-refractivity contribution is 6.32. The number of ether oxygens (including phenoxy) is 1. The van der Waals surface area contributed by atoms with E-state index in [-0.39, 0.29) is 5.82 Å². The molecule has 0 spiro atoms. The number of benzene rings is 1. The standard InChI is InChI=1S/C21H29ClN6O/c1-27-8-10-28(11-9-27)15-4-3-5-16-14(12-15)6-7-18(19(16)29-2)25-21-24-13-17(22)20(23)26-21/h6-7,13,15H,3-5,8-12H2,1-2H3,(H3,23,24,25,26). The number of likely N-dealkylation sites (N-methyl/N-ethyl adjacent to an activating group) is 1. The van der Waals surface area contributed by atoms with Crippen LogP contribution in [0.2, 0.25) is 5.02 Å². The third-order valence-electron chi connectivity index (χ3n) is 6.05. The van der Waals surface area contributed by atoms with Crippen molar-refractivity contribution < 1.29 is 4.74 Å². The van der Waals surface area contributed by atoms with E-state index >= 15 is 0 Å². The van der Waals surface area contributed by atoms with Crippen LogP contribution in [0.4, 0.5) is 17.5 Å². The molecule has 2 heterocycles. The van der Waals surface area contributed by atoms with E-state index in [4.69, 9.17) is 22.1 Å². The summed E-state index contributed by atoms with van der Waals surface area (Å²) < 4.78 is 5.82. The van der Waals surface area contributed by atoms with E-state index in [0.29, 0.717) is 17.0 Å². The Kier molecular flexibility index (Phi) is 6.08. The third-order valence-corrected chi connectivity index (χ3v) is 6.34. The van der Waals surface area contributed by atoms with Crippen molar-refractivity contribution in [2.45, 2.75) is 31.7 Å². The normalized spacial score (nSPS) is 20.7. The molecule has 1 aliphatic carbocycles. The summed E-state index contributed by atoms with van der Waals surface area (Å²) in [5.74, 6) is 1.54. The zero-order valence-corrected chi connectivity index (χ0v) is 17.9. The van der Waals surface area contributed by atoms with Gasteiger partial charge in [0, 0.05) is 32.2 Å². The zero-order chi connectivity index (χ0) is 20.4. The summed E-state index contributed by atoms with van der Waals surface area (Å²) in [7, 11) is 3.93. The summed E-state index contributed by atoms with van der Waals surface area (Å²) in [6.45, 7) is 4.62. The molecule has 156 valence electrons. The number of hydrogen-bond acceptors (Lipinski definition) is 7. The van der Waals surface area contributed by atoms with E-state index in [1.165, 1.54) is 23.7 Å². The summed E-state index contributed by atoms with van der Waals surface area (Å²) in [6.07, 6.45) is 5.97. The maximum Gasteiger partial charge on any atom is 0.229 e. The molecule has 4 rings (SSSR count). The summed E-state index contributed by atoms with van der Waals surface area (Å²) in [5, 5.41) is 3.59. The molecule has 0 saturated carbocycles. The van der Waals surface area contributed by atoms with Crippen LogP contribution in [0.25, 0.3) is 0 Å². The molecule has 1 aromatic carbocycles. The minimum Gasteiger partial charge on any atom is -0.494 e. The van der Waals surface area contributed by atoms with Crippen molar-refractivity contribution in [3.8, 4) is 5.75 Å². The molecule has 1 saturated heterocycles. The Morgan fingerprint density at radius 1 is 1.24 bits per heavy atom. The monoisotopic (exact) mass is 416 g/mol. The lowest BCUT2D eigenvalue weighted by Gasteiger charge is -2.37. The fraction of sp³-hybridized carbons (Fsp3) is 0.524. The first-order chi connectivity index (χ1) is 14.0. The van der Waals surface area contributed by atoms with Crippen molar-refractivity contribution in [2.24, 2.45) is 0 Å². The number of fused-ring (bicyclic) bond motifs is 1. The van der Waals surface area contributed by atoms with E-state index in [9.17, 15) is 0 Å². The van der Waals surface area contributed by atoms with E-state index in [0.717, 1.165) is 56.9 Å². The molecule has 3 N–H and O–H groups in total. The topological polar surface area (TPSA) is 79.5 Å². The van der Waals surface area contributed by atoms with Gasteiger partial charge in [0.1, 0.15) is 16.6 Å². The molecular weight excluding hydrogens is 388 g/mol. The number of nitrogen functional groups attached to an aromatic ring is 1. The highest BCUT2D eigenvalue weighted by atomic mass is 35.5. The molecule has 1 aliphatic heterocycles. The second kappa shape index (κ2) is 8.73. The van der Waals surface area contributed by atoms with Crippen molar-refractivity contribution in [2.75, 3.05) is 51.4 Å². The van der Waals surface area contributed by atoms with Gasteiger partial charge in [-0.15, -0.1) is 0 Å². The second-order valence-electron chi connectivity index (χ2n) is 7.93. The fourth-order valence-corrected chi connectivity index (χ4v) is 4.49. The van der Waals surface area contributed by atoms with Crippen molar-refractivity contribution in [3.63, 3.8) is 0 Å². The maximum absolute atomic E-state index is 5.93. The van der Waals surface area contributed by atoms with Gasteiger partial charge < -0.3 is 20.7 Å². The van der Waals surface area contributed by atoms with Gasteiger partial charge in [-0.1, -0.05) is 17.7 Å². The molecule has 0 bridgehead atoms. The molecule has 2 aromatic rings. The molecule has 2 aliphatic rings. The summed E-state index contributed by atoms with van der Waals surface area (Å²) in [4.78, 5) is 13.5. The first-order valence-corrected chi connectivity index (χ1v) is 10.6. The van der Waals surface area contributed by atoms with Gasteiger partial charge in [0.2, 0.25) is 5.95 Å². The minimum absolute atomic E-state index is 0.257. The zero-order valence-electron chi connectivity index (χ0n) is 17.1. The van der Waals surface area contributed by atoms with E-state index in [1.807, 2.05) is 0 Å². The number of piperazine rings is 1. The molecule has 1 unspecified atom stereocenters. The van der Waals surface area contributed by atoms with Gasteiger partial charge in [-0.2, -0.15) is 4.98 Å². The molecule has 1 atom stereocenters. The van der Waals surface area contributed by atoms with Crippen molar-refractivity contribution in [1.82, 2.24) is 19.8 Å². The van der Waals surface area contributed by atoms with Gasteiger partial charge in [-0.3, -0.25) is 4.90 Å². The summed E-state index contributed by atoms with van der Waals surface area (Å²) >= 11 is 5.93. The number of nitrogens with zero attached hydrogens (tertiary/aromatic N) is 4. The molecule has 8 heteroatoms. The molecule has 0 radical (unpaired) electrons. The number of anilines is 3. The van der Waals surface area contributed by atoms with Crippen LogP contribution in [0.15, 0.2) is 18.3 Å². The first kappa shape index (κ1) is 20.2. The fourth-order valence-electron chi connectivity index (χ4n) is 4.40. The highest BCUT2D eigenvalue weighted by Gasteiger charge is 2.27. The molecule has 29 heavy (non-hydrogen) atoms. The van der Waals surface area contributed by atoms with Gasteiger partial charge >= 0.3 is 0 Å². The lowest BCUT2D eigenvalue weighted by atomic mass is 9.99. The number of hydrogen-bond donors (Lipinski definition) is 2. The summed E-state index contributed by atoms with van der Waals surface area (Å²) in [6, 6.07) is 4.87. The van der Waals surface area contributed by atoms with Crippen molar-refractivity contribution >= 4 is 29.1 Å². The van der Waals surface area contributed by atoms with Crippen LogP contribution in [0, 0.1) is 0 Å².